The second-order valence-corrected chi connectivity index (χ2v) is 4.90. The Balaban J connectivity index is 1.67. The topological polar surface area (TPSA) is 94.0 Å². The van der Waals surface area contributed by atoms with Gasteiger partial charge in [0.2, 0.25) is 11.8 Å². The van der Waals surface area contributed by atoms with Crippen LogP contribution in [0.15, 0.2) is 34.9 Å². The maximum atomic E-state index is 11.9. The van der Waals surface area contributed by atoms with Gasteiger partial charge in [-0.05, 0) is 18.4 Å². The van der Waals surface area contributed by atoms with Gasteiger partial charge in [-0.25, -0.2) is 0 Å². The van der Waals surface area contributed by atoms with Gasteiger partial charge in [0, 0.05) is 19.9 Å². The lowest BCUT2D eigenvalue weighted by Crippen LogP contribution is -2.41. The van der Waals surface area contributed by atoms with Crippen LogP contribution < -0.4 is 11.1 Å². The number of nitrogens with one attached hydrogen (secondary N) is 1. The molecule has 0 unspecified atom stereocenters. The fraction of sp³-hybridized carbons (Fsp3) is 0.400. The van der Waals surface area contributed by atoms with Crippen molar-refractivity contribution >= 4 is 5.91 Å². The molecular weight excluding hydrogens is 268 g/mol. The van der Waals surface area contributed by atoms with Crippen LogP contribution in [-0.4, -0.2) is 28.6 Å². The Kier molecular flexibility index (Phi) is 5.45. The highest BCUT2D eigenvalue weighted by Gasteiger charge is 2.13. The normalized spacial score (nSPS) is 12.1. The number of rotatable bonds is 7. The average Bonchev–Trinajstić information content (AvgIpc) is 2.91. The van der Waals surface area contributed by atoms with Gasteiger partial charge in [-0.3, -0.25) is 4.79 Å². The first kappa shape index (κ1) is 15.2. The first-order chi connectivity index (χ1) is 10.1. The van der Waals surface area contributed by atoms with E-state index in [0.29, 0.717) is 31.1 Å². The van der Waals surface area contributed by atoms with E-state index in [1.54, 1.807) is 6.92 Å². The number of hydrogen-bond acceptors (Lipinski definition) is 5. The van der Waals surface area contributed by atoms with E-state index >= 15 is 0 Å². The number of benzene rings is 1. The highest BCUT2D eigenvalue weighted by molar-refractivity contribution is 5.81. The monoisotopic (exact) mass is 288 g/mol. The number of carbonyl (C=O) groups is 1. The molecule has 2 aromatic rings. The molecule has 0 aliphatic rings. The highest BCUT2D eigenvalue weighted by Crippen LogP contribution is 2.04. The molecule has 6 heteroatoms. The van der Waals surface area contributed by atoms with E-state index in [0.717, 1.165) is 6.42 Å². The molecule has 0 fully saturated rings. The maximum Gasteiger partial charge on any atom is 0.236 e. The van der Waals surface area contributed by atoms with E-state index in [4.69, 9.17) is 10.3 Å². The SMILES string of the molecule is Cc1nc(CCNC(=O)[C@@H](N)CCc2ccccc2)no1. The second kappa shape index (κ2) is 7.54. The van der Waals surface area contributed by atoms with Crippen LogP contribution in [0.3, 0.4) is 0 Å². The van der Waals surface area contributed by atoms with Crippen LogP contribution in [0, 0.1) is 6.92 Å². The van der Waals surface area contributed by atoms with Gasteiger partial charge in [0.25, 0.3) is 0 Å². The van der Waals surface area contributed by atoms with Gasteiger partial charge in [-0.15, -0.1) is 0 Å². The number of amides is 1. The van der Waals surface area contributed by atoms with Crippen LogP contribution in [0.4, 0.5) is 0 Å². The van der Waals surface area contributed by atoms with Crippen LogP contribution in [-0.2, 0) is 17.6 Å². The van der Waals surface area contributed by atoms with Gasteiger partial charge < -0.3 is 15.6 Å². The summed E-state index contributed by atoms with van der Waals surface area (Å²) >= 11 is 0. The molecule has 21 heavy (non-hydrogen) atoms. The minimum absolute atomic E-state index is 0.147. The molecule has 0 saturated heterocycles. The third-order valence-corrected chi connectivity index (χ3v) is 3.14. The average molecular weight is 288 g/mol. The van der Waals surface area contributed by atoms with E-state index in [-0.39, 0.29) is 5.91 Å². The first-order valence-corrected chi connectivity index (χ1v) is 7.01. The van der Waals surface area contributed by atoms with Crippen molar-refractivity contribution in [2.24, 2.45) is 5.73 Å². The largest absolute Gasteiger partial charge is 0.354 e. The van der Waals surface area contributed by atoms with Gasteiger partial charge >= 0.3 is 0 Å². The van der Waals surface area contributed by atoms with Crippen molar-refractivity contribution < 1.29 is 9.32 Å². The summed E-state index contributed by atoms with van der Waals surface area (Å²) in [4.78, 5) is 15.9. The third kappa shape index (κ3) is 5.00. The lowest BCUT2D eigenvalue weighted by atomic mass is 10.1. The molecular formula is C15H20N4O2. The van der Waals surface area contributed by atoms with Gasteiger partial charge in [0.05, 0.1) is 6.04 Å². The zero-order valence-corrected chi connectivity index (χ0v) is 12.1. The quantitative estimate of drug-likeness (QED) is 0.792. The summed E-state index contributed by atoms with van der Waals surface area (Å²) in [7, 11) is 0. The van der Waals surface area contributed by atoms with Crippen LogP contribution in [0.25, 0.3) is 0 Å². The van der Waals surface area contributed by atoms with Gasteiger partial charge in [0.1, 0.15) is 0 Å². The van der Waals surface area contributed by atoms with Crippen LogP contribution in [0.2, 0.25) is 0 Å². The minimum atomic E-state index is -0.503. The van der Waals surface area contributed by atoms with E-state index in [9.17, 15) is 4.79 Å². The number of aromatic nitrogens is 2. The molecule has 0 bridgehead atoms. The fourth-order valence-corrected chi connectivity index (χ4v) is 1.97. The van der Waals surface area contributed by atoms with Crippen molar-refractivity contribution in [3.8, 4) is 0 Å². The van der Waals surface area contributed by atoms with Crippen molar-refractivity contribution in [3.63, 3.8) is 0 Å². The molecule has 6 nitrogen and oxygen atoms in total. The Morgan fingerprint density at radius 1 is 1.33 bits per heavy atom. The van der Waals surface area contributed by atoms with E-state index in [1.807, 2.05) is 30.3 Å². The van der Waals surface area contributed by atoms with Crippen LogP contribution >= 0.6 is 0 Å². The number of nitrogens with two attached hydrogens (primary N) is 1. The van der Waals surface area contributed by atoms with Gasteiger partial charge in [-0.1, -0.05) is 35.5 Å². The number of hydrogen-bond donors (Lipinski definition) is 2. The number of aryl methyl sites for hydroxylation is 2. The van der Waals surface area contributed by atoms with E-state index in [2.05, 4.69) is 15.5 Å². The summed E-state index contributed by atoms with van der Waals surface area (Å²) in [6.07, 6.45) is 1.95. The summed E-state index contributed by atoms with van der Waals surface area (Å²) in [6.45, 7) is 2.19. The molecule has 0 spiro atoms. The maximum absolute atomic E-state index is 11.9. The molecule has 0 aliphatic carbocycles. The Morgan fingerprint density at radius 2 is 2.10 bits per heavy atom. The van der Waals surface area contributed by atoms with Crippen molar-refractivity contribution in [2.75, 3.05) is 6.54 Å². The molecule has 1 aromatic carbocycles. The summed E-state index contributed by atoms with van der Waals surface area (Å²) in [5, 5.41) is 6.56. The molecule has 1 amide bonds. The predicted octanol–water partition coefficient (Wildman–Crippen LogP) is 0.997. The number of nitrogens with zero attached hydrogens (tertiary/aromatic N) is 2. The Labute approximate surface area is 123 Å². The fourth-order valence-electron chi connectivity index (χ4n) is 1.97. The van der Waals surface area contributed by atoms with Gasteiger partial charge in [0.15, 0.2) is 5.82 Å². The van der Waals surface area contributed by atoms with Crippen molar-refractivity contribution in [2.45, 2.75) is 32.2 Å². The van der Waals surface area contributed by atoms with E-state index in [1.165, 1.54) is 5.56 Å². The Morgan fingerprint density at radius 3 is 2.76 bits per heavy atom. The summed E-state index contributed by atoms with van der Waals surface area (Å²) in [5.74, 6) is 0.965. The Hall–Kier alpha value is -2.21. The molecule has 0 aliphatic heterocycles. The number of carbonyl (C=O) groups excluding carboxylic acids is 1. The molecule has 112 valence electrons. The van der Waals surface area contributed by atoms with Crippen LogP contribution in [0.5, 0.6) is 0 Å². The Bertz CT molecular complexity index is 568. The zero-order valence-electron chi connectivity index (χ0n) is 12.1. The molecule has 1 heterocycles. The minimum Gasteiger partial charge on any atom is -0.354 e. The first-order valence-electron chi connectivity index (χ1n) is 7.01. The summed E-state index contributed by atoms with van der Waals surface area (Å²) in [6, 6.07) is 9.49. The molecule has 2 rings (SSSR count). The van der Waals surface area contributed by atoms with E-state index < -0.39 is 6.04 Å². The smallest absolute Gasteiger partial charge is 0.236 e. The summed E-state index contributed by atoms with van der Waals surface area (Å²) < 4.78 is 4.86. The van der Waals surface area contributed by atoms with Crippen LogP contribution in [0.1, 0.15) is 23.7 Å². The molecule has 1 aromatic heterocycles. The summed E-state index contributed by atoms with van der Waals surface area (Å²) in [5.41, 5.74) is 7.07. The highest BCUT2D eigenvalue weighted by atomic mass is 16.5. The zero-order chi connectivity index (χ0) is 15.1. The van der Waals surface area contributed by atoms with Crippen molar-refractivity contribution in [1.82, 2.24) is 15.5 Å². The molecule has 1 atom stereocenters. The molecule has 0 saturated carbocycles. The second-order valence-electron chi connectivity index (χ2n) is 4.90. The van der Waals surface area contributed by atoms with Gasteiger partial charge in [-0.2, -0.15) is 4.98 Å². The van der Waals surface area contributed by atoms with Crippen molar-refractivity contribution in [1.29, 1.82) is 0 Å². The standard InChI is InChI=1S/C15H20N4O2/c1-11-18-14(19-21-11)9-10-17-15(20)13(16)8-7-12-5-3-2-4-6-12/h2-6,13H,7-10,16H2,1H3,(H,17,20)/t13-/m0/s1. The predicted molar refractivity (Wildman–Crippen MR) is 78.5 cm³/mol. The third-order valence-electron chi connectivity index (χ3n) is 3.14. The molecule has 3 N–H and O–H groups in total. The molecule has 0 radical (unpaired) electrons. The van der Waals surface area contributed by atoms with Crippen molar-refractivity contribution in [3.05, 3.63) is 47.6 Å². The lowest BCUT2D eigenvalue weighted by molar-refractivity contribution is -0.122. The lowest BCUT2D eigenvalue weighted by Gasteiger charge is -2.11.